The summed E-state index contributed by atoms with van der Waals surface area (Å²) in [5.74, 6) is 0. The number of thiophene rings is 1. The van der Waals surface area contributed by atoms with E-state index in [1.807, 2.05) is 0 Å². The minimum absolute atomic E-state index is 0.829. The Hall–Kier alpha value is -0.780. The predicted molar refractivity (Wildman–Crippen MR) is 70.0 cm³/mol. The first-order chi connectivity index (χ1) is 7.79. The van der Waals surface area contributed by atoms with Crippen molar-refractivity contribution in [2.24, 2.45) is 0 Å². The molecular weight excluding hydrogens is 238 g/mol. The molecule has 0 saturated carbocycles. The first-order valence-electron chi connectivity index (χ1n) is 5.39. The molecule has 1 N–H and O–H groups in total. The number of hydrogen-bond donors (Lipinski definition) is 1. The van der Waals surface area contributed by atoms with Crippen LogP contribution in [-0.2, 0) is 6.54 Å². The normalized spacial score (nSPS) is 10.9. The topological polar surface area (TPSA) is 37.8 Å². The molecule has 5 heteroatoms. The van der Waals surface area contributed by atoms with Gasteiger partial charge in [-0.05, 0) is 32.0 Å². The fourth-order valence-corrected chi connectivity index (χ4v) is 3.07. The minimum atomic E-state index is 0.829. The molecule has 2 heterocycles. The van der Waals surface area contributed by atoms with Gasteiger partial charge in [0.1, 0.15) is 5.01 Å². The highest BCUT2D eigenvalue weighted by molar-refractivity contribution is 7.21. The third kappa shape index (κ3) is 2.87. The number of nitrogens with one attached hydrogen (secondary N) is 1. The lowest BCUT2D eigenvalue weighted by Gasteiger charge is -1.96. The summed E-state index contributed by atoms with van der Waals surface area (Å²) in [4.78, 5) is 2.53. The van der Waals surface area contributed by atoms with Gasteiger partial charge in [0.2, 0.25) is 0 Å². The van der Waals surface area contributed by atoms with Crippen molar-refractivity contribution < 1.29 is 0 Å². The second kappa shape index (κ2) is 5.52. The van der Waals surface area contributed by atoms with Crippen LogP contribution in [0.25, 0.3) is 9.88 Å². The van der Waals surface area contributed by atoms with E-state index in [4.69, 9.17) is 0 Å². The summed E-state index contributed by atoms with van der Waals surface area (Å²) in [7, 11) is 0. The van der Waals surface area contributed by atoms with Crippen molar-refractivity contribution in [3.05, 3.63) is 22.0 Å². The summed E-state index contributed by atoms with van der Waals surface area (Å²) in [5.41, 5.74) is 0. The summed E-state index contributed by atoms with van der Waals surface area (Å²) in [6.45, 7) is 6.13. The molecule has 0 atom stereocenters. The van der Waals surface area contributed by atoms with Gasteiger partial charge in [-0.25, -0.2) is 0 Å². The molecule has 0 aromatic carbocycles. The van der Waals surface area contributed by atoms with E-state index in [-0.39, 0.29) is 0 Å². The monoisotopic (exact) mass is 253 g/mol. The summed E-state index contributed by atoms with van der Waals surface area (Å²) in [6, 6.07) is 4.24. The largest absolute Gasteiger partial charge is 0.310 e. The highest BCUT2D eigenvalue weighted by Gasteiger charge is 2.07. The van der Waals surface area contributed by atoms with Crippen molar-refractivity contribution in [2.45, 2.75) is 26.8 Å². The molecule has 0 aliphatic carbocycles. The molecule has 3 nitrogen and oxygen atoms in total. The van der Waals surface area contributed by atoms with Crippen LogP contribution in [0.3, 0.4) is 0 Å². The van der Waals surface area contributed by atoms with Crippen LogP contribution in [0.1, 0.15) is 23.2 Å². The van der Waals surface area contributed by atoms with Crippen molar-refractivity contribution in [2.75, 3.05) is 6.54 Å². The van der Waals surface area contributed by atoms with Crippen LogP contribution in [0, 0.1) is 6.92 Å². The van der Waals surface area contributed by atoms with Gasteiger partial charge in [-0.2, -0.15) is 0 Å². The van der Waals surface area contributed by atoms with Crippen LogP contribution in [-0.4, -0.2) is 16.7 Å². The molecule has 16 heavy (non-hydrogen) atoms. The predicted octanol–water partition coefficient (Wildman–Crippen LogP) is 3.07. The first kappa shape index (κ1) is 11.7. The number of aryl methyl sites for hydroxylation is 1. The first-order valence-corrected chi connectivity index (χ1v) is 7.03. The van der Waals surface area contributed by atoms with E-state index in [1.165, 1.54) is 9.75 Å². The van der Waals surface area contributed by atoms with Crippen molar-refractivity contribution in [3.8, 4) is 9.88 Å². The lowest BCUT2D eigenvalue weighted by Crippen LogP contribution is -2.13. The van der Waals surface area contributed by atoms with Gasteiger partial charge in [-0.15, -0.1) is 21.5 Å². The molecule has 0 fully saturated rings. The molecule has 0 aliphatic heterocycles. The second-order valence-corrected chi connectivity index (χ2v) is 5.94. The molecule has 0 spiro atoms. The highest BCUT2D eigenvalue weighted by Crippen LogP contribution is 2.29. The van der Waals surface area contributed by atoms with E-state index in [2.05, 4.69) is 41.5 Å². The van der Waals surface area contributed by atoms with Crippen LogP contribution in [0.15, 0.2) is 12.1 Å². The Labute approximate surface area is 104 Å². The molecule has 2 rings (SSSR count). The summed E-state index contributed by atoms with van der Waals surface area (Å²) in [5, 5.41) is 13.8. The molecule has 0 unspecified atom stereocenters. The zero-order chi connectivity index (χ0) is 11.4. The number of aromatic nitrogens is 2. The number of hydrogen-bond acceptors (Lipinski definition) is 5. The Morgan fingerprint density at radius 3 is 2.81 bits per heavy atom. The smallest absolute Gasteiger partial charge is 0.157 e. The van der Waals surface area contributed by atoms with Gasteiger partial charge in [0.15, 0.2) is 5.01 Å². The highest BCUT2D eigenvalue weighted by atomic mass is 32.1. The van der Waals surface area contributed by atoms with Crippen LogP contribution in [0.5, 0.6) is 0 Å². The molecule has 2 aromatic rings. The van der Waals surface area contributed by atoms with Crippen molar-refractivity contribution in [3.63, 3.8) is 0 Å². The average molecular weight is 253 g/mol. The Balaban J connectivity index is 2.02. The van der Waals surface area contributed by atoms with E-state index in [0.717, 1.165) is 29.5 Å². The Kier molecular flexibility index (Phi) is 4.04. The fourth-order valence-electron chi connectivity index (χ4n) is 1.35. The maximum Gasteiger partial charge on any atom is 0.157 e. The zero-order valence-electron chi connectivity index (χ0n) is 9.49. The van der Waals surface area contributed by atoms with Gasteiger partial charge in [-0.1, -0.05) is 18.3 Å². The Morgan fingerprint density at radius 1 is 1.25 bits per heavy atom. The molecule has 0 radical (unpaired) electrons. The van der Waals surface area contributed by atoms with E-state index in [0.29, 0.717) is 0 Å². The Morgan fingerprint density at radius 2 is 2.12 bits per heavy atom. The average Bonchev–Trinajstić information content (AvgIpc) is 2.87. The Bertz CT molecular complexity index is 448. The van der Waals surface area contributed by atoms with Gasteiger partial charge in [-0.3, -0.25) is 0 Å². The lowest BCUT2D eigenvalue weighted by atomic mass is 10.4. The standard InChI is InChI=1S/C11H15N3S2/c1-3-6-12-7-10-13-14-11(16-10)9-5-4-8(2)15-9/h4-5,12H,3,6-7H2,1-2H3. The van der Waals surface area contributed by atoms with Crippen LogP contribution in [0.2, 0.25) is 0 Å². The lowest BCUT2D eigenvalue weighted by molar-refractivity contribution is 0.668. The summed E-state index contributed by atoms with van der Waals surface area (Å²) >= 11 is 3.45. The van der Waals surface area contributed by atoms with Gasteiger partial charge in [0.25, 0.3) is 0 Å². The quantitative estimate of drug-likeness (QED) is 0.832. The molecule has 0 aliphatic rings. The van der Waals surface area contributed by atoms with Gasteiger partial charge < -0.3 is 5.32 Å². The maximum absolute atomic E-state index is 4.22. The summed E-state index contributed by atoms with van der Waals surface area (Å²) in [6.07, 6.45) is 1.15. The molecular formula is C11H15N3S2. The third-order valence-electron chi connectivity index (χ3n) is 2.12. The molecule has 0 amide bonds. The zero-order valence-corrected chi connectivity index (χ0v) is 11.1. The molecule has 0 saturated heterocycles. The van der Waals surface area contributed by atoms with E-state index < -0.39 is 0 Å². The number of rotatable bonds is 5. The SMILES string of the molecule is CCCNCc1nnc(-c2ccc(C)s2)s1. The van der Waals surface area contributed by atoms with E-state index in [9.17, 15) is 0 Å². The van der Waals surface area contributed by atoms with Crippen LogP contribution in [0.4, 0.5) is 0 Å². The van der Waals surface area contributed by atoms with Crippen molar-refractivity contribution >= 4 is 22.7 Å². The number of nitrogens with zero attached hydrogens (tertiary/aromatic N) is 2. The second-order valence-electron chi connectivity index (χ2n) is 3.59. The molecule has 2 aromatic heterocycles. The van der Waals surface area contributed by atoms with Crippen LogP contribution >= 0.6 is 22.7 Å². The van der Waals surface area contributed by atoms with Crippen molar-refractivity contribution in [1.82, 2.24) is 15.5 Å². The summed E-state index contributed by atoms with van der Waals surface area (Å²) < 4.78 is 0. The maximum atomic E-state index is 4.22. The van der Waals surface area contributed by atoms with Gasteiger partial charge in [0.05, 0.1) is 4.88 Å². The van der Waals surface area contributed by atoms with E-state index in [1.54, 1.807) is 22.7 Å². The van der Waals surface area contributed by atoms with Crippen molar-refractivity contribution in [1.29, 1.82) is 0 Å². The van der Waals surface area contributed by atoms with Gasteiger partial charge >= 0.3 is 0 Å². The third-order valence-corrected chi connectivity index (χ3v) is 4.21. The van der Waals surface area contributed by atoms with Gasteiger partial charge in [0, 0.05) is 11.4 Å². The van der Waals surface area contributed by atoms with Crippen LogP contribution < -0.4 is 5.32 Å². The minimum Gasteiger partial charge on any atom is -0.310 e. The fraction of sp³-hybridized carbons (Fsp3) is 0.455. The molecule has 0 bridgehead atoms. The molecule has 86 valence electrons. The van der Waals surface area contributed by atoms with E-state index >= 15 is 0 Å².